The van der Waals surface area contributed by atoms with Crippen molar-refractivity contribution in [1.29, 1.82) is 0 Å². The molecule has 1 fully saturated rings. The number of hydrogen-bond acceptors (Lipinski definition) is 2. The molecule has 1 aliphatic rings. The van der Waals surface area contributed by atoms with Crippen LogP contribution in [0.3, 0.4) is 0 Å². The molecule has 2 N–H and O–H groups in total. The summed E-state index contributed by atoms with van der Waals surface area (Å²) < 4.78 is 0. The molecule has 0 saturated carbocycles. The summed E-state index contributed by atoms with van der Waals surface area (Å²) in [5, 5.41) is 5.18. The highest BCUT2D eigenvalue weighted by atomic mass is 16.2. The predicted molar refractivity (Wildman–Crippen MR) is 51.2 cm³/mol. The Labute approximate surface area is 82.8 Å². The Balaban J connectivity index is 2.64. The van der Waals surface area contributed by atoms with Crippen LogP contribution >= 0.6 is 0 Å². The van der Waals surface area contributed by atoms with Gasteiger partial charge in [0, 0.05) is 0 Å². The molecule has 76 valence electrons. The maximum atomic E-state index is 11.5. The number of amides is 3. The summed E-state index contributed by atoms with van der Waals surface area (Å²) in [6.07, 6.45) is 5.00. The van der Waals surface area contributed by atoms with E-state index in [9.17, 15) is 9.59 Å². The van der Waals surface area contributed by atoms with E-state index in [1.807, 2.05) is 0 Å². The zero-order valence-corrected chi connectivity index (χ0v) is 8.26. The van der Waals surface area contributed by atoms with E-state index in [2.05, 4.69) is 16.6 Å². The van der Waals surface area contributed by atoms with Gasteiger partial charge in [-0.25, -0.2) is 4.79 Å². The fraction of sp³-hybridized carbons (Fsp3) is 0.556. The van der Waals surface area contributed by atoms with Gasteiger partial charge in [0.05, 0.1) is 6.54 Å². The molecule has 0 atom stereocenters. The van der Waals surface area contributed by atoms with Crippen LogP contribution in [0.4, 0.5) is 4.79 Å². The van der Waals surface area contributed by atoms with Gasteiger partial charge >= 0.3 is 6.03 Å². The zero-order chi connectivity index (χ0) is 10.8. The molecule has 3 amide bonds. The van der Waals surface area contributed by atoms with Crippen molar-refractivity contribution in [2.24, 2.45) is 0 Å². The van der Waals surface area contributed by atoms with Crippen LogP contribution in [-0.4, -0.2) is 35.6 Å². The quantitative estimate of drug-likeness (QED) is 0.554. The Morgan fingerprint density at radius 3 is 2.86 bits per heavy atom. The fourth-order valence-electron chi connectivity index (χ4n) is 1.34. The highest BCUT2D eigenvalue weighted by Gasteiger charge is 2.39. The van der Waals surface area contributed by atoms with Crippen molar-refractivity contribution in [3.63, 3.8) is 0 Å². The van der Waals surface area contributed by atoms with Crippen LogP contribution < -0.4 is 10.6 Å². The van der Waals surface area contributed by atoms with Crippen LogP contribution in [0.5, 0.6) is 0 Å². The fourth-order valence-corrected chi connectivity index (χ4v) is 1.34. The van der Waals surface area contributed by atoms with Gasteiger partial charge in [-0.3, -0.25) is 9.69 Å². The van der Waals surface area contributed by atoms with E-state index in [1.54, 1.807) is 13.8 Å². The molecule has 0 unspecified atom stereocenters. The predicted octanol–water partition coefficient (Wildman–Crippen LogP) is -0.503. The van der Waals surface area contributed by atoms with Crippen molar-refractivity contribution in [2.75, 3.05) is 13.1 Å². The van der Waals surface area contributed by atoms with Crippen LogP contribution in [0.1, 0.15) is 13.8 Å². The summed E-state index contributed by atoms with van der Waals surface area (Å²) in [6.45, 7) is 3.75. The Hall–Kier alpha value is -1.70. The molecule has 5 heteroatoms. The highest BCUT2D eigenvalue weighted by molar-refractivity contribution is 5.88. The second-order valence-corrected chi connectivity index (χ2v) is 3.56. The topological polar surface area (TPSA) is 61.4 Å². The van der Waals surface area contributed by atoms with Gasteiger partial charge in [0.1, 0.15) is 12.2 Å². The summed E-state index contributed by atoms with van der Waals surface area (Å²) in [4.78, 5) is 24.0. The third-order valence-electron chi connectivity index (χ3n) is 2.01. The van der Waals surface area contributed by atoms with Gasteiger partial charge < -0.3 is 10.6 Å². The van der Waals surface area contributed by atoms with Crippen LogP contribution in [0.15, 0.2) is 0 Å². The zero-order valence-electron chi connectivity index (χ0n) is 8.26. The average molecular weight is 195 g/mol. The molecule has 14 heavy (non-hydrogen) atoms. The maximum Gasteiger partial charge on any atom is 0.320 e. The van der Waals surface area contributed by atoms with Gasteiger partial charge in [0.2, 0.25) is 5.91 Å². The lowest BCUT2D eigenvalue weighted by Crippen LogP contribution is -2.52. The average Bonchev–Trinajstić information content (AvgIpc) is 2.35. The summed E-state index contributed by atoms with van der Waals surface area (Å²) in [5.41, 5.74) is -0.643. The minimum atomic E-state index is -0.643. The molecule has 0 aliphatic carbocycles. The molecule has 0 aromatic rings. The molecule has 0 spiro atoms. The number of nitrogens with zero attached hydrogens (tertiary/aromatic N) is 1. The molecule has 1 saturated heterocycles. The second-order valence-electron chi connectivity index (χ2n) is 3.56. The molecular formula is C9H13N3O2. The summed E-state index contributed by atoms with van der Waals surface area (Å²) >= 11 is 0. The molecule has 1 aliphatic heterocycles. The summed E-state index contributed by atoms with van der Waals surface area (Å²) in [5.74, 6) is 2.14. The van der Waals surface area contributed by atoms with Gasteiger partial charge in [-0.15, -0.1) is 6.42 Å². The smallest absolute Gasteiger partial charge is 0.320 e. The lowest BCUT2D eigenvalue weighted by Gasteiger charge is -2.29. The number of nitrogens with one attached hydrogen (secondary N) is 2. The van der Waals surface area contributed by atoms with Crippen LogP contribution in [0.25, 0.3) is 0 Å². The lowest BCUT2D eigenvalue weighted by molar-refractivity contribution is -0.118. The van der Waals surface area contributed by atoms with Crippen molar-refractivity contribution in [3.8, 4) is 12.3 Å². The van der Waals surface area contributed by atoms with Crippen molar-refractivity contribution in [3.05, 3.63) is 0 Å². The molecule has 1 rings (SSSR count). The van der Waals surface area contributed by atoms with Crippen molar-refractivity contribution in [1.82, 2.24) is 15.5 Å². The van der Waals surface area contributed by atoms with Gasteiger partial charge in [0.25, 0.3) is 0 Å². The van der Waals surface area contributed by atoms with Crippen LogP contribution in [-0.2, 0) is 4.79 Å². The Bertz CT molecular complexity index is 304. The van der Waals surface area contributed by atoms with E-state index < -0.39 is 5.66 Å². The number of rotatable bonds is 1. The first-order valence-electron chi connectivity index (χ1n) is 4.27. The van der Waals surface area contributed by atoms with Gasteiger partial charge in [-0.2, -0.15) is 0 Å². The maximum absolute atomic E-state index is 11.5. The van der Waals surface area contributed by atoms with E-state index in [1.165, 1.54) is 4.90 Å². The number of hydrogen-bond donors (Lipinski definition) is 2. The third-order valence-corrected chi connectivity index (χ3v) is 2.01. The molecule has 0 aromatic carbocycles. The third kappa shape index (κ3) is 1.96. The van der Waals surface area contributed by atoms with Gasteiger partial charge in [0.15, 0.2) is 0 Å². The van der Waals surface area contributed by atoms with E-state index in [0.717, 1.165) is 0 Å². The SMILES string of the molecule is C#CCNC(=O)N1CC(=O)NC1(C)C. The first kappa shape index (κ1) is 10.4. The second kappa shape index (κ2) is 3.58. The van der Waals surface area contributed by atoms with Gasteiger partial charge in [-0.05, 0) is 13.8 Å². The summed E-state index contributed by atoms with van der Waals surface area (Å²) in [7, 11) is 0. The molecule has 0 bridgehead atoms. The van der Waals surface area contributed by atoms with Crippen molar-refractivity contribution >= 4 is 11.9 Å². The number of terminal acetylenes is 1. The van der Waals surface area contributed by atoms with Crippen molar-refractivity contribution < 1.29 is 9.59 Å². The first-order valence-corrected chi connectivity index (χ1v) is 4.27. The normalized spacial score (nSPS) is 18.6. The molecule has 5 nitrogen and oxygen atoms in total. The van der Waals surface area contributed by atoms with Crippen LogP contribution in [0, 0.1) is 12.3 Å². The summed E-state index contributed by atoms with van der Waals surface area (Å²) in [6, 6.07) is -0.327. The Morgan fingerprint density at radius 1 is 1.79 bits per heavy atom. The Morgan fingerprint density at radius 2 is 2.43 bits per heavy atom. The number of carbonyl (C=O) groups is 2. The monoisotopic (exact) mass is 195 g/mol. The van der Waals surface area contributed by atoms with Crippen molar-refractivity contribution in [2.45, 2.75) is 19.5 Å². The number of urea groups is 1. The minimum Gasteiger partial charge on any atom is -0.332 e. The van der Waals surface area contributed by atoms with E-state index >= 15 is 0 Å². The molecule has 1 heterocycles. The Kier molecular flexibility index (Phi) is 2.65. The molecular weight excluding hydrogens is 182 g/mol. The molecule has 0 radical (unpaired) electrons. The molecule has 0 aromatic heterocycles. The van der Waals surface area contributed by atoms with Gasteiger partial charge in [-0.1, -0.05) is 5.92 Å². The van der Waals surface area contributed by atoms with E-state index in [4.69, 9.17) is 6.42 Å². The standard InChI is InChI=1S/C9H13N3O2/c1-4-5-10-8(14)12-6-7(13)11-9(12,2)3/h1H,5-6H2,2-3H3,(H,10,14)(H,11,13). The minimum absolute atomic E-state index is 0.0728. The lowest BCUT2D eigenvalue weighted by atomic mass is 10.2. The van der Waals surface area contributed by atoms with Crippen LogP contribution in [0.2, 0.25) is 0 Å². The number of carbonyl (C=O) groups excluding carboxylic acids is 2. The highest BCUT2D eigenvalue weighted by Crippen LogP contribution is 2.15. The largest absolute Gasteiger partial charge is 0.332 e. The van der Waals surface area contributed by atoms with E-state index in [0.29, 0.717) is 0 Å². The first-order chi connectivity index (χ1) is 6.47. The van der Waals surface area contributed by atoms with E-state index in [-0.39, 0.29) is 25.0 Å².